The van der Waals surface area contributed by atoms with Gasteiger partial charge in [-0.1, -0.05) is 12.1 Å². The molecule has 2 aromatic rings. The highest BCUT2D eigenvalue weighted by molar-refractivity contribution is 6.06. The van der Waals surface area contributed by atoms with Crippen molar-refractivity contribution in [2.75, 3.05) is 6.54 Å². The van der Waals surface area contributed by atoms with E-state index in [1.807, 2.05) is 0 Å². The van der Waals surface area contributed by atoms with Crippen LogP contribution in [0.25, 0.3) is 11.1 Å². The van der Waals surface area contributed by atoms with Gasteiger partial charge in [-0.05, 0) is 17.2 Å². The third-order valence-electron chi connectivity index (χ3n) is 4.69. The SMILES string of the molecule is Cn1cc(-c2ccc3c(c2)[C@H](F)C[C@]32OC(=O)N(CC(=O)O)C2=O)cn1. The fourth-order valence-corrected chi connectivity index (χ4v) is 3.53. The summed E-state index contributed by atoms with van der Waals surface area (Å²) in [7, 11) is 1.76. The fraction of sp³-hybridized carbons (Fsp3) is 0.294. The number of benzene rings is 1. The number of halogens is 1. The third kappa shape index (κ3) is 2.20. The molecule has 1 aromatic heterocycles. The standard InChI is InChI=1S/C17H14FN3O5/c1-20-7-10(6-19-20)9-2-3-12-11(4-9)13(18)5-17(12)15(24)21(8-14(22)23)16(25)26-17/h2-4,6-7,13H,5,8H2,1H3,(H,22,23)/t13-,17+/m1/s1. The number of carboxylic acids is 1. The molecule has 2 heterocycles. The predicted octanol–water partition coefficient (Wildman–Crippen LogP) is 1.76. The molecule has 9 heteroatoms. The zero-order valence-corrected chi connectivity index (χ0v) is 13.7. The monoisotopic (exact) mass is 359 g/mol. The number of aliphatic carboxylic acids is 1. The number of hydrogen-bond donors (Lipinski definition) is 1. The van der Waals surface area contributed by atoms with Crippen molar-refractivity contribution < 1.29 is 28.6 Å². The minimum absolute atomic E-state index is 0.254. The van der Waals surface area contributed by atoms with E-state index in [4.69, 9.17) is 9.84 Å². The molecule has 0 saturated carbocycles. The highest BCUT2D eigenvalue weighted by Crippen LogP contribution is 2.52. The van der Waals surface area contributed by atoms with E-state index in [0.717, 1.165) is 11.1 Å². The summed E-state index contributed by atoms with van der Waals surface area (Å²) in [6.07, 6.45) is 0.459. The molecule has 1 N–H and O–H groups in total. The summed E-state index contributed by atoms with van der Waals surface area (Å²) in [6, 6.07) is 4.84. The van der Waals surface area contributed by atoms with Crippen LogP contribution in [0.2, 0.25) is 0 Å². The summed E-state index contributed by atoms with van der Waals surface area (Å²) >= 11 is 0. The second-order valence-corrected chi connectivity index (χ2v) is 6.36. The summed E-state index contributed by atoms with van der Waals surface area (Å²) in [5.74, 6) is -2.20. The predicted molar refractivity (Wildman–Crippen MR) is 84.6 cm³/mol. The Kier molecular flexibility index (Phi) is 3.36. The molecule has 1 aromatic carbocycles. The summed E-state index contributed by atoms with van der Waals surface area (Å²) in [5.41, 5.74) is 0.212. The summed E-state index contributed by atoms with van der Waals surface area (Å²) in [6.45, 7) is -0.820. The molecule has 26 heavy (non-hydrogen) atoms. The highest BCUT2D eigenvalue weighted by Gasteiger charge is 2.61. The van der Waals surface area contributed by atoms with Gasteiger partial charge in [-0.2, -0.15) is 5.10 Å². The summed E-state index contributed by atoms with van der Waals surface area (Å²) < 4.78 is 21.5. The Balaban J connectivity index is 1.76. The van der Waals surface area contributed by atoms with Gasteiger partial charge in [0.15, 0.2) is 0 Å². The summed E-state index contributed by atoms with van der Waals surface area (Å²) in [5, 5.41) is 12.9. The molecule has 8 nitrogen and oxygen atoms in total. The van der Waals surface area contributed by atoms with E-state index in [2.05, 4.69) is 5.10 Å². The molecular weight excluding hydrogens is 345 g/mol. The number of nitrogens with zero attached hydrogens (tertiary/aromatic N) is 3. The van der Waals surface area contributed by atoms with Gasteiger partial charge in [-0.25, -0.2) is 14.1 Å². The molecule has 1 aliphatic carbocycles. The van der Waals surface area contributed by atoms with Crippen molar-refractivity contribution in [3.63, 3.8) is 0 Å². The van der Waals surface area contributed by atoms with Crippen molar-refractivity contribution in [1.29, 1.82) is 0 Å². The number of fused-ring (bicyclic) bond motifs is 2. The van der Waals surface area contributed by atoms with Gasteiger partial charge in [0.05, 0.1) is 6.20 Å². The first kappa shape index (κ1) is 16.2. The Morgan fingerprint density at radius 2 is 2.19 bits per heavy atom. The molecular formula is C17H14FN3O5. The molecule has 4 rings (SSSR count). The average Bonchev–Trinajstić information content (AvgIpc) is 3.20. The van der Waals surface area contributed by atoms with Crippen LogP contribution in [0.3, 0.4) is 0 Å². The van der Waals surface area contributed by atoms with Crippen LogP contribution in [-0.4, -0.2) is 44.3 Å². The van der Waals surface area contributed by atoms with E-state index < -0.39 is 36.3 Å². The molecule has 2 amide bonds. The summed E-state index contributed by atoms with van der Waals surface area (Å²) in [4.78, 5) is 36.0. The minimum Gasteiger partial charge on any atom is -0.480 e. The first-order valence-corrected chi connectivity index (χ1v) is 7.86. The van der Waals surface area contributed by atoms with Crippen LogP contribution in [0.4, 0.5) is 9.18 Å². The fourth-order valence-electron chi connectivity index (χ4n) is 3.53. The number of imide groups is 1. The smallest absolute Gasteiger partial charge is 0.418 e. The number of alkyl halides is 1. The number of carbonyl (C=O) groups excluding carboxylic acids is 2. The van der Waals surface area contributed by atoms with E-state index in [-0.39, 0.29) is 17.5 Å². The second kappa shape index (κ2) is 5.38. The van der Waals surface area contributed by atoms with Crippen molar-refractivity contribution in [3.8, 4) is 11.1 Å². The maximum atomic E-state index is 14.7. The van der Waals surface area contributed by atoms with Gasteiger partial charge in [0.2, 0.25) is 5.60 Å². The largest absolute Gasteiger partial charge is 0.480 e. The van der Waals surface area contributed by atoms with E-state index in [0.29, 0.717) is 4.90 Å². The van der Waals surface area contributed by atoms with Crippen molar-refractivity contribution in [2.45, 2.75) is 18.2 Å². The molecule has 0 radical (unpaired) electrons. The molecule has 1 saturated heterocycles. The lowest BCUT2D eigenvalue weighted by molar-refractivity contribution is -0.144. The maximum absolute atomic E-state index is 14.7. The van der Waals surface area contributed by atoms with Crippen LogP contribution in [0.15, 0.2) is 30.6 Å². The number of hydrogen-bond acceptors (Lipinski definition) is 5. The number of rotatable bonds is 3. The normalized spacial score (nSPS) is 24.2. The van der Waals surface area contributed by atoms with E-state index >= 15 is 0 Å². The van der Waals surface area contributed by atoms with Crippen LogP contribution in [-0.2, 0) is 27.0 Å². The van der Waals surface area contributed by atoms with Gasteiger partial charge in [-0.3, -0.25) is 14.3 Å². The number of aryl methyl sites for hydroxylation is 1. The lowest BCUT2D eigenvalue weighted by atomic mass is 9.93. The Labute approximate surface area is 146 Å². The van der Waals surface area contributed by atoms with Crippen LogP contribution < -0.4 is 0 Å². The number of carboxylic acid groups (broad SMARTS) is 1. The molecule has 2 aliphatic rings. The van der Waals surface area contributed by atoms with Gasteiger partial charge in [0.25, 0.3) is 5.91 Å². The third-order valence-corrected chi connectivity index (χ3v) is 4.69. The zero-order valence-electron chi connectivity index (χ0n) is 13.7. The molecule has 1 spiro atoms. The van der Waals surface area contributed by atoms with Crippen molar-refractivity contribution in [2.24, 2.45) is 7.05 Å². The second-order valence-electron chi connectivity index (χ2n) is 6.36. The minimum atomic E-state index is -1.80. The van der Waals surface area contributed by atoms with Gasteiger partial charge in [0.1, 0.15) is 12.7 Å². The molecule has 134 valence electrons. The lowest BCUT2D eigenvalue weighted by Gasteiger charge is -2.20. The Morgan fingerprint density at radius 3 is 2.85 bits per heavy atom. The van der Waals surface area contributed by atoms with Crippen LogP contribution in [0, 0.1) is 0 Å². The van der Waals surface area contributed by atoms with Crippen molar-refractivity contribution in [3.05, 3.63) is 41.7 Å². The highest BCUT2D eigenvalue weighted by atomic mass is 19.1. The average molecular weight is 359 g/mol. The number of amides is 2. The quantitative estimate of drug-likeness (QED) is 0.896. The van der Waals surface area contributed by atoms with Crippen molar-refractivity contribution >= 4 is 18.0 Å². The van der Waals surface area contributed by atoms with Gasteiger partial charge < -0.3 is 9.84 Å². The number of aromatic nitrogens is 2. The van der Waals surface area contributed by atoms with Gasteiger partial charge in [-0.15, -0.1) is 0 Å². The van der Waals surface area contributed by atoms with E-state index in [9.17, 15) is 18.8 Å². The number of ether oxygens (including phenoxy) is 1. The molecule has 2 atom stereocenters. The molecule has 0 bridgehead atoms. The van der Waals surface area contributed by atoms with E-state index in [1.165, 1.54) is 0 Å². The van der Waals surface area contributed by atoms with Gasteiger partial charge in [0, 0.05) is 30.8 Å². The molecule has 1 aliphatic heterocycles. The first-order valence-electron chi connectivity index (χ1n) is 7.86. The Bertz CT molecular complexity index is 956. The van der Waals surface area contributed by atoms with Crippen LogP contribution in [0.1, 0.15) is 23.7 Å². The van der Waals surface area contributed by atoms with E-state index in [1.54, 1.807) is 42.3 Å². The molecule has 0 unspecified atom stereocenters. The molecule has 1 fully saturated rings. The first-order chi connectivity index (χ1) is 12.3. The Hall–Kier alpha value is -3.23. The lowest BCUT2D eigenvalue weighted by Crippen LogP contribution is -2.39. The van der Waals surface area contributed by atoms with Crippen LogP contribution in [0.5, 0.6) is 0 Å². The van der Waals surface area contributed by atoms with Crippen molar-refractivity contribution in [1.82, 2.24) is 14.7 Å². The topological polar surface area (TPSA) is 102 Å². The zero-order chi connectivity index (χ0) is 18.6. The maximum Gasteiger partial charge on any atom is 0.418 e. The Morgan fingerprint density at radius 1 is 1.42 bits per heavy atom. The number of carbonyl (C=O) groups is 3. The van der Waals surface area contributed by atoms with Crippen LogP contribution >= 0.6 is 0 Å². The van der Waals surface area contributed by atoms with Gasteiger partial charge >= 0.3 is 12.1 Å².